The van der Waals surface area contributed by atoms with E-state index >= 15 is 0 Å². The van der Waals surface area contributed by atoms with Crippen molar-refractivity contribution in [2.24, 2.45) is 14.1 Å². The van der Waals surface area contributed by atoms with Gasteiger partial charge in [-0.15, -0.1) is 0 Å². The van der Waals surface area contributed by atoms with Gasteiger partial charge in [0, 0.05) is 14.1 Å². The van der Waals surface area contributed by atoms with Crippen molar-refractivity contribution in [3.63, 3.8) is 0 Å². The Morgan fingerprint density at radius 3 is 2.37 bits per heavy atom. The maximum Gasteiger partial charge on any atom is 0.332 e. The van der Waals surface area contributed by atoms with E-state index in [9.17, 15) is 19.2 Å². The number of rotatable bonds is 5. The van der Waals surface area contributed by atoms with Gasteiger partial charge in [0.15, 0.2) is 10.9 Å². The molecule has 0 spiro atoms. The number of aryl methyl sites for hydroxylation is 2. The molecule has 2 N–H and O–H groups in total. The van der Waals surface area contributed by atoms with E-state index in [0.29, 0.717) is 21.7 Å². The van der Waals surface area contributed by atoms with Crippen LogP contribution in [0.1, 0.15) is 28.4 Å². The average Bonchev–Trinajstić information content (AvgIpc) is 2.82. The lowest BCUT2D eigenvalue weighted by Gasteiger charge is -2.18. The lowest BCUT2D eigenvalue weighted by atomic mass is 10.1. The number of carbonyl (C=O) groups excluding carboxylic acids is 1. The summed E-state index contributed by atoms with van der Waals surface area (Å²) in [5, 5.41) is -0.0683. The zero-order valence-corrected chi connectivity index (χ0v) is 20.8. The van der Waals surface area contributed by atoms with Crippen molar-refractivity contribution >= 4 is 34.3 Å². The maximum atomic E-state index is 13.6. The molecule has 4 rings (SSSR count). The van der Waals surface area contributed by atoms with E-state index < -0.39 is 22.3 Å². The van der Waals surface area contributed by atoms with Crippen LogP contribution >= 0.6 is 11.8 Å². The van der Waals surface area contributed by atoms with Crippen LogP contribution in [-0.4, -0.2) is 29.7 Å². The zero-order valence-electron chi connectivity index (χ0n) is 20.0. The first-order valence-corrected chi connectivity index (χ1v) is 11.8. The third-order valence-corrected chi connectivity index (χ3v) is 7.00. The normalized spacial score (nSPS) is 12.1. The standard InChI is InChI=1S/C25H25N5O4S/c1-13-10-11-18(14(2)12-13)30-22(32)16-8-6-7-9-17(16)27-24(30)35-15(3)20(31)19-21(26)28(4)25(34)29(5)23(19)33/h6-12,15H,26H2,1-5H3. The molecule has 0 aliphatic rings. The smallest absolute Gasteiger partial charge is 0.332 e. The van der Waals surface area contributed by atoms with Gasteiger partial charge in [0.2, 0.25) is 0 Å². The number of hydrogen-bond donors (Lipinski definition) is 1. The summed E-state index contributed by atoms with van der Waals surface area (Å²) in [6.07, 6.45) is 0. The molecule has 0 fully saturated rings. The number of hydrogen-bond acceptors (Lipinski definition) is 7. The summed E-state index contributed by atoms with van der Waals surface area (Å²) in [5.74, 6) is -0.757. The molecule has 2 aromatic carbocycles. The molecule has 0 amide bonds. The number of para-hydroxylation sites is 1. The number of thioether (sulfide) groups is 1. The molecule has 0 aliphatic heterocycles. The lowest BCUT2D eigenvalue weighted by molar-refractivity contribution is 0.0992. The fraction of sp³-hybridized carbons (Fsp3) is 0.240. The predicted molar refractivity (Wildman–Crippen MR) is 138 cm³/mol. The van der Waals surface area contributed by atoms with E-state index in [1.54, 1.807) is 31.2 Å². The van der Waals surface area contributed by atoms with Gasteiger partial charge in [0.05, 0.1) is 21.8 Å². The number of nitrogens with two attached hydrogens (primary N) is 1. The number of nitrogens with zero attached hydrogens (tertiary/aromatic N) is 4. The number of anilines is 1. The second-order valence-electron chi connectivity index (χ2n) is 8.43. The van der Waals surface area contributed by atoms with Crippen LogP contribution in [0.5, 0.6) is 0 Å². The minimum absolute atomic E-state index is 0.200. The van der Waals surface area contributed by atoms with Gasteiger partial charge in [-0.2, -0.15) is 0 Å². The van der Waals surface area contributed by atoms with E-state index in [1.165, 1.54) is 18.7 Å². The maximum absolute atomic E-state index is 13.6. The van der Waals surface area contributed by atoms with Gasteiger partial charge in [-0.25, -0.2) is 9.78 Å². The van der Waals surface area contributed by atoms with Gasteiger partial charge in [-0.05, 0) is 44.5 Å². The highest BCUT2D eigenvalue weighted by Gasteiger charge is 2.27. The Hall–Kier alpha value is -3.92. The first-order chi connectivity index (χ1) is 16.5. The second kappa shape index (κ2) is 9.03. The fourth-order valence-electron chi connectivity index (χ4n) is 3.97. The van der Waals surface area contributed by atoms with Crippen LogP contribution in [0.15, 0.2) is 62.0 Å². The van der Waals surface area contributed by atoms with Crippen LogP contribution in [0.4, 0.5) is 5.82 Å². The predicted octanol–water partition coefficient (Wildman–Crippen LogP) is 2.35. The summed E-state index contributed by atoms with van der Waals surface area (Å²) >= 11 is 1.05. The SMILES string of the molecule is Cc1ccc(-n2c(SC(C)C(=O)c3c(N)n(C)c(=O)n(C)c3=O)nc3ccccc3c2=O)c(C)c1. The Kier molecular flexibility index (Phi) is 6.25. The molecule has 0 saturated heterocycles. The van der Waals surface area contributed by atoms with Crippen LogP contribution in [0.25, 0.3) is 16.6 Å². The lowest BCUT2D eigenvalue weighted by Crippen LogP contribution is -2.42. The Morgan fingerprint density at radius 2 is 1.69 bits per heavy atom. The van der Waals surface area contributed by atoms with Crippen LogP contribution in [0.2, 0.25) is 0 Å². The molecule has 4 aromatic rings. The summed E-state index contributed by atoms with van der Waals surface area (Å²) < 4.78 is 3.40. The Balaban J connectivity index is 1.88. The van der Waals surface area contributed by atoms with Gasteiger partial charge < -0.3 is 5.73 Å². The topological polar surface area (TPSA) is 122 Å². The van der Waals surface area contributed by atoms with Crippen molar-refractivity contribution in [1.29, 1.82) is 0 Å². The van der Waals surface area contributed by atoms with Crippen molar-refractivity contribution in [2.75, 3.05) is 5.73 Å². The monoisotopic (exact) mass is 491 g/mol. The molecule has 2 heterocycles. The Bertz CT molecular complexity index is 1680. The minimum Gasteiger partial charge on any atom is -0.384 e. The van der Waals surface area contributed by atoms with Gasteiger partial charge in [0.25, 0.3) is 11.1 Å². The van der Waals surface area contributed by atoms with Gasteiger partial charge in [-0.1, -0.05) is 41.6 Å². The second-order valence-corrected chi connectivity index (χ2v) is 9.74. The van der Waals surface area contributed by atoms with Gasteiger partial charge in [0.1, 0.15) is 11.4 Å². The molecule has 180 valence electrons. The van der Waals surface area contributed by atoms with Crippen LogP contribution in [0.3, 0.4) is 0 Å². The van der Waals surface area contributed by atoms with E-state index in [0.717, 1.165) is 32.0 Å². The van der Waals surface area contributed by atoms with Crippen molar-refractivity contribution < 1.29 is 4.79 Å². The number of aromatic nitrogens is 4. The molecular weight excluding hydrogens is 466 g/mol. The molecule has 10 heteroatoms. The van der Waals surface area contributed by atoms with Crippen LogP contribution < -0.4 is 22.5 Å². The van der Waals surface area contributed by atoms with E-state index in [1.807, 2.05) is 32.0 Å². The average molecular weight is 492 g/mol. The molecule has 1 unspecified atom stereocenters. The zero-order chi connectivity index (χ0) is 25.6. The van der Waals surface area contributed by atoms with Crippen molar-refractivity contribution in [2.45, 2.75) is 31.2 Å². The van der Waals surface area contributed by atoms with Gasteiger partial charge >= 0.3 is 5.69 Å². The van der Waals surface area contributed by atoms with Crippen molar-refractivity contribution in [3.05, 3.63) is 90.3 Å². The Morgan fingerprint density at radius 1 is 1.00 bits per heavy atom. The third-order valence-electron chi connectivity index (χ3n) is 5.95. The number of ketones is 1. The number of benzene rings is 2. The summed E-state index contributed by atoms with van der Waals surface area (Å²) in [7, 11) is 2.69. The first kappa shape index (κ1) is 24.2. The van der Waals surface area contributed by atoms with Gasteiger partial charge in [-0.3, -0.25) is 28.1 Å². The number of carbonyl (C=O) groups is 1. The number of fused-ring (bicyclic) bond motifs is 1. The van der Waals surface area contributed by atoms with Crippen LogP contribution in [0, 0.1) is 13.8 Å². The summed E-state index contributed by atoms with van der Waals surface area (Å²) in [6, 6.07) is 12.7. The molecule has 35 heavy (non-hydrogen) atoms. The molecule has 9 nitrogen and oxygen atoms in total. The van der Waals surface area contributed by atoms with E-state index in [4.69, 9.17) is 5.73 Å². The molecule has 2 aromatic heterocycles. The first-order valence-electron chi connectivity index (χ1n) is 10.9. The highest BCUT2D eigenvalue weighted by Crippen LogP contribution is 2.28. The van der Waals surface area contributed by atoms with E-state index in [2.05, 4.69) is 4.98 Å². The largest absolute Gasteiger partial charge is 0.384 e. The molecule has 0 saturated carbocycles. The summed E-state index contributed by atoms with van der Waals surface area (Å²) in [5.41, 5.74) is 7.15. The number of Topliss-reactive ketones (excluding diaryl/α,β-unsaturated/α-hetero) is 1. The summed E-state index contributed by atoms with van der Waals surface area (Å²) in [4.78, 5) is 56.5. The minimum atomic E-state index is -0.826. The fourth-order valence-corrected chi connectivity index (χ4v) is 4.95. The Labute approximate surface area is 204 Å². The molecular formula is C25H25N5O4S. The molecule has 1 atom stereocenters. The van der Waals surface area contributed by atoms with Crippen LogP contribution in [-0.2, 0) is 14.1 Å². The third kappa shape index (κ3) is 4.10. The van der Waals surface area contributed by atoms with Crippen molar-refractivity contribution in [3.8, 4) is 5.69 Å². The van der Waals surface area contributed by atoms with E-state index in [-0.39, 0.29) is 16.9 Å². The molecule has 0 radical (unpaired) electrons. The summed E-state index contributed by atoms with van der Waals surface area (Å²) in [6.45, 7) is 5.49. The quantitative estimate of drug-likeness (QED) is 0.258. The highest BCUT2D eigenvalue weighted by molar-refractivity contribution is 8.00. The van der Waals surface area contributed by atoms with Crippen molar-refractivity contribution in [1.82, 2.24) is 18.7 Å². The highest BCUT2D eigenvalue weighted by atomic mass is 32.2. The molecule has 0 bridgehead atoms. The molecule has 0 aliphatic carbocycles. The number of nitrogen functional groups attached to an aromatic ring is 1.